The van der Waals surface area contributed by atoms with Gasteiger partial charge in [0.15, 0.2) is 0 Å². The van der Waals surface area contributed by atoms with Crippen molar-refractivity contribution in [1.82, 2.24) is 15.1 Å². The molecule has 0 atom stereocenters. The highest BCUT2D eigenvalue weighted by atomic mass is 35.5. The van der Waals surface area contributed by atoms with Gasteiger partial charge in [0.05, 0.1) is 16.4 Å². The zero-order chi connectivity index (χ0) is 18.2. The largest absolute Gasteiger partial charge is 0.472 e. The Morgan fingerprint density at radius 1 is 1.36 bits per heavy atom. The molecular formula is C17H20Cl2N4O2. The lowest BCUT2D eigenvalue weighted by atomic mass is 10.2. The summed E-state index contributed by atoms with van der Waals surface area (Å²) in [5.41, 5.74) is 2.51. The summed E-state index contributed by atoms with van der Waals surface area (Å²) in [7, 11) is 3.37. The molecule has 134 valence electrons. The first-order valence-electron chi connectivity index (χ1n) is 7.60. The predicted molar refractivity (Wildman–Crippen MR) is 101 cm³/mol. The Labute approximate surface area is 157 Å². The number of nitrogens with zero attached hydrogens (tertiary/aromatic N) is 3. The average molecular weight is 383 g/mol. The van der Waals surface area contributed by atoms with Crippen LogP contribution >= 0.6 is 23.2 Å². The third-order valence-corrected chi connectivity index (χ3v) is 3.88. The van der Waals surface area contributed by atoms with Crippen LogP contribution in [0.4, 0.5) is 0 Å². The normalized spacial score (nSPS) is 12.4. The number of ether oxygens (including phenoxy) is 1. The number of oxime groups is 1. The van der Waals surface area contributed by atoms with Gasteiger partial charge in [-0.1, -0.05) is 28.4 Å². The van der Waals surface area contributed by atoms with Gasteiger partial charge in [-0.15, -0.1) is 5.10 Å². The number of hydrogen-bond donors (Lipinski definition) is 1. The summed E-state index contributed by atoms with van der Waals surface area (Å²) in [6, 6.07) is 7.00. The molecule has 1 aromatic heterocycles. The van der Waals surface area contributed by atoms with Crippen LogP contribution in [0.3, 0.4) is 0 Å². The van der Waals surface area contributed by atoms with Crippen LogP contribution < -0.4 is 10.1 Å². The van der Waals surface area contributed by atoms with Gasteiger partial charge in [-0.05, 0) is 43.8 Å². The Bertz CT molecular complexity index is 772. The SMILES string of the molecule is CNCC(=NOC)C(C)=CCOc1ccn(-c2ccc(Cl)cc2Cl)n1. The number of halogens is 2. The summed E-state index contributed by atoms with van der Waals surface area (Å²) in [6.07, 6.45) is 3.70. The number of hydrogen-bond acceptors (Lipinski definition) is 5. The molecule has 1 aromatic carbocycles. The maximum atomic E-state index is 6.19. The molecule has 2 rings (SSSR count). The summed E-state index contributed by atoms with van der Waals surface area (Å²) < 4.78 is 7.30. The Kier molecular flexibility index (Phi) is 7.31. The van der Waals surface area contributed by atoms with Crippen LogP contribution in [0, 0.1) is 0 Å². The van der Waals surface area contributed by atoms with Crippen molar-refractivity contribution in [1.29, 1.82) is 0 Å². The molecule has 8 heteroatoms. The van der Waals surface area contributed by atoms with Crippen LogP contribution in [0.15, 0.2) is 47.3 Å². The van der Waals surface area contributed by atoms with Crippen molar-refractivity contribution in [3.8, 4) is 11.6 Å². The molecule has 25 heavy (non-hydrogen) atoms. The topological polar surface area (TPSA) is 60.7 Å². The Balaban J connectivity index is 2.02. The zero-order valence-electron chi connectivity index (χ0n) is 14.3. The lowest BCUT2D eigenvalue weighted by Gasteiger charge is -2.06. The van der Waals surface area contributed by atoms with E-state index >= 15 is 0 Å². The van der Waals surface area contributed by atoms with E-state index in [-0.39, 0.29) is 0 Å². The molecule has 0 saturated carbocycles. The third kappa shape index (κ3) is 5.49. The number of rotatable bonds is 8. The summed E-state index contributed by atoms with van der Waals surface area (Å²) in [4.78, 5) is 4.84. The second kappa shape index (κ2) is 9.46. The third-order valence-electron chi connectivity index (χ3n) is 3.34. The second-order valence-electron chi connectivity index (χ2n) is 5.14. The molecule has 0 aliphatic carbocycles. The van der Waals surface area contributed by atoms with Crippen molar-refractivity contribution in [2.24, 2.45) is 5.16 Å². The monoisotopic (exact) mass is 382 g/mol. The first-order chi connectivity index (χ1) is 12.0. The maximum Gasteiger partial charge on any atom is 0.233 e. The Morgan fingerprint density at radius 2 is 2.16 bits per heavy atom. The smallest absolute Gasteiger partial charge is 0.233 e. The van der Waals surface area contributed by atoms with Crippen molar-refractivity contribution in [3.63, 3.8) is 0 Å². The minimum Gasteiger partial charge on any atom is -0.472 e. The number of nitrogens with one attached hydrogen (secondary N) is 1. The van der Waals surface area contributed by atoms with E-state index in [2.05, 4.69) is 15.6 Å². The van der Waals surface area contributed by atoms with E-state index in [1.54, 1.807) is 35.1 Å². The lowest BCUT2D eigenvalue weighted by molar-refractivity contribution is 0.213. The van der Waals surface area contributed by atoms with Gasteiger partial charge in [0.1, 0.15) is 13.7 Å². The van der Waals surface area contributed by atoms with E-state index in [0.29, 0.717) is 29.1 Å². The molecule has 0 amide bonds. The highest BCUT2D eigenvalue weighted by Crippen LogP contribution is 2.24. The standard InChI is InChI=1S/C17H20Cl2N4O2/c1-12(15(11-20-2)22-24-3)7-9-25-17-6-8-23(21-17)16-5-4-13(18)10-14(16)19/h4-8,10,20H,9,11H2,1-3H3. The molecule has 1 N–H and O–H groups in total. The molecule has 0 fully saturated rings. The molecule has 0 bridgehead atoms. The van der Waals surface area contributed by atoms with Gasteiger partial charge < -0.3 is 14.9 Å². The minimum absolute atomic E-state index is 0.365. The summed E-state index contributed by atoms with van der Waals surface area (Å²) >= 11 is 12.1. The minimum atomic E-state index is 0.365. The van der Waals surface area contributed by atoms with Crippen LogP contribution in [-0.2, 0) is 4.84 Å². The van der Waals surface area contributed by atoms with Gasteiger partial charge in [-0.3, -0.25) is 0 Å². The van der Waals surface area contributed by atoms with Crippen LogP contribution in [-0.4, -0.2) is 42.8 Å². The van der Waals surface area contributed by atoms with Gasteiger partial charge >= 0.3 is 0 Å². The first-order valence-corrected chi connectivity index (χ1v) is 8.36. The Morgan fingerprint density at radius 3 is 2.84 bits per heavy atom. The second-order valence-corrected chi connectivity index (χ2v) is 5.99. The van der Waals surface area contributed by atoms with E-state index in [1.807, 2.05) is 20.0 Å². The highest BCUT2D eigenvalue weighted by Gasteiger charge is 2.07. The van der Waals surface area contributed by atoms with Crippen LogP contribution in [0.1, 0.15) is 6.92 Å². The fraction of sp³-hybridized carbons (Fsp3) is 0.294. The molecule has 0 aliphatic rings. The zero-order valence-corrected chi connectivity index (χ0v) is 15.8. The molecule has 0 radical (unpaired) electrons. The van der Waals surface area contributed by atoms with Gasteiger partial charge in [0, 0.05) is 23.8 Å². The van der Waals surface area contributed by atoms with Crippen molar-refractivity contribution in [3.05, 3.63) is 52.2 Å². The predicted octanol–water partition coefficient (Wildman–Crippen LogP) is 3.73. The van der Waals surface area contributed by atoms with E-state index in [9.17, 15) is 0 Å². The molecular weight excluding hydrogens is 363 g/mol. The van der Waals surface area contributed by atoms with Gasteiger partial charge in [0.2, 0.25) is 5.88 Å². The molecule has 0 saturated heterocycles. The first kappa shape index (κ1) is 19.3. The summed E-state index contributed by atoms with van der Waals surface area (Å²) in [5.74, 6) is 0.494. The Hall–Kier alpha value is -2.02. The van der Waals surface area contributed by atoms with Crippen molar-refractivity contribution < 1.29 is 9.57 Å². The molecule has 1 heterocycles. The van der Waals surface area contributed by atoms with Gasteiger partial charge in [-0.25, -0.2) is 4.68 Å². The average Bonchev–Trinajstić information content (AvgIpc) is 3.03. The molecule has 0 spiro atoms. The molecule has 0 aliphatic heterocycles. The summed E-state index contributed by atoms with van der Waals surface area (Å²) in [6.45, 7) is 2.92. The summed E-state index contributed by atoms with van der Waals surface area (Å²) in [5, 5.41) is 12.5. The van der Waals surface area contributed by atoms with E-state index in [0.717, 1.165) is 17.0 Å². The van der Waals surface area contributed by atoms with Crippen molar-refractivity contribution in [2.45, 2.75) is 6.92 Å². The van der Waals surface area contributed by atoms with Crippen LogP contribution in [0.25, 0.3) is 5.69 Å². The lowest BCUT2D eigenvalue weighted by Crippen LogP contribution is -2.20. The van der Waals surface area contributed by atoms with Gasteiger partial charge in [0.25, 0.3) is 0 Å². The van der Waals surface area contributed by atoms with E-state index in [1.165, 1.54) is 7.11 Å². The van der Waals surface area contributed by atoms with Gasteiger partial charge in [-0.2, -0.15) is 0 Å². The molecule has 2 aromatic rings. The number of benzene rings is 1. The van der Waals surface area contributed by atoms with Crippen molar-refractivity contribution >= 4 is 28.9 Å². The molecule has 0 unspecified atom stereocenters. The number of aromatic nitrogens is 2. The van der Waals surface area contributed by atoms with Crippen LogP contribution in [0.2, 0.25) is 10.0 Å². The maximum absolute atomic E-state index is 6.19. The highest BCUT2D eigenvalue weighted by molar-refractivity contribution is 6.35. The van der Waals surface area contributed by atoms with E-state index in [4.69, 9.17) is 32.8 Å². The molecule has 6 nitrogen and oxygen atoms in total. The van der Waals surface area contributed by atoms with Crippen LogP contribution in [0.5, 0.6) is 5.88 Å². The van der Waals surface area contributed by atoms with E-state index < -0.39 is 0 Å². The van der Waals surface area contributed by atoms with Crippen molar-refractivity contribution in [2.75, 3.05) is 27.3 Å². The fourth-order valence-corrected chi connectivity index (χ4v) is 2.57. The fourth-order valence-electron chi connectivity index (χ4n) is 2.08. The quantitative estimate of drug-likeness (QED) is 0.558.